The minimum Gasteiger partial charge on any atom is -0.390 e. The lowest BCUT2D eigenvalue weighted by atomic mass is 10.1. The zero-order valence-electron chi connectivity index (χ0n) is 9.90. The molecular weight excluding hydrogens is 192 g/mol. The molecule has 0 saturated heterocycles. The quantitative estimate of drug-likeness (QED) is 0.793. The van der Waals surface area contributed by atoms with Crippen molar-refractivity contribution < 1.29 is 9.84 Å². The van der Waals surface area contributed by atoms with Crippen LogP contribution in [-0.2, 0) is 18.2 Å². The van der Waals surface area contributed by atoms with Crippen LogP contribution in [0.15, 0.2) is 6.07 Å². The van der Waals surface area contributed by atoms with Crippen LogP contribution in [0.2, 0.25) is 0 Å². The second-order valence-electron chi connectivity index (χ2n) is 3.83. The third-order valence-electron chi connectivity index (χ3n) is 2.49. The molecule has 0 aliphatic rings. The van der Waals surface area contributed by atoms with Gasteiger partial charge in [-0.05, 0) is 26.8 Å². The summed E-state index contributed by atoms with van der Waals surface area (Å²) in [6.45, 7) is 6.39. The Labute approximate surface area is 90.9 Å². The first-order chi connectivity index (χ1) is 7.04. The van der Waals surface area contributed by atoms with Crippen LogP contribution in [0.1, 0.15) is 25.2 Å². The van der Waals surface area contributed by atoms with Gasteiger partial charge in [0.1, 0.15) is 0 Å². The van der Waals surface area contributed by atoms with Crippen molar-refractivity contribution in [1.82, 2.24) is 9.78 Å². The summed E-state index contributed by atoms with van der Waals surface area (Å²) in [6, 6.07) is 1.99. The summed E-state index contributed by atoms with van der Waals surface area (Å²) in [4.78, 5) is 0. The molecule has 0 aromatic carbocycles. The van der Waals surface area contributed by atoms with Crippen LogP contribution >= 0.6 is 0 Å². The van der Waals surface area contributed by atoms with E-state index in [9.17, 15) is 5.11 Å². The summed E-state index contributed by atoms with van der Waals surface area (Å²) in [5.74, 6) is 0. The standard InChI is InChI=1S/C11H20N2O2/c1-5-15-9(3)11(14)7-10-6-8(2)12-13(10)4/h6,9,11,14H,5,7H2,1-4H3. The van der Waals surface area contributed by atoms with E-state index in [0.29, 0.717) is 13.0 Å². The molecule has 0 fully saturated rings. The smallest absolute Gasteiger partial charge is 0.0854 e. The molecule has 86 valence electrons. The average Bonchev–Trinajstić information content (AvgIpc) is 2.45. The van der Waals surface area contributed by atoms with E-state index in [2.05, 4.69) is 5.10 Å². The van der Waals surface area contributed by atoms with Crippen LogP contribution in [0.3, 0.4) is 0 Å². The van der Waals surface area contributed by atoms with Gasteiger partial charge in [0.25, 0.3) is 0 Å². The lowest BCUT2D eigenvalue weighted by molar-refractivity contribution is -0.0215. The molecule has 4 heteroatoms. The van der Waals surface area contributed by atoms with E-state index in [1.807, 2.05) is 33.9 Å². The topological polar surface area (TPSA) is 47.3 Å². The van der Waals surface area contributed by atoms with E-state index in [0.717, 1.165) is 11.4 Å². The summed E-state index contributed by atoms with van der Waals surface area (Å²) in [5, 5.41) is 14.1. The van der Waals surface area contributed by atoms with Gasteiger partial charge in [-0.1, -0.05) is 0 Å². The van der Waals surface area contributed by atoms with Gasteiger partial charge in [-0.2, -0.15) is 5.10 Å². The monoisotopic (exact) mass is 212 g/mol. The molecular formula is C11H20N2O2. The maximum atomic E-state index is 9.87. The number of aliphatic hydroxyl groups is 1. The molecule has 0 bridgehead atoms. The Morgan fingerprint density at radius 1 is 1.60 bits per heavy atom. The first-order valence-corrected chi connectivity index (χ1v) is 5.33. The lowest BCUT2D eigenvalue weighted by Crippen LogP contribution is -2.28. The number of aryl methyl sites for hydroxylation is 2. The minimum absolute atomic E-state index is 0.134. The van der Waals surface area contributed by atoms with Crippen LogP contribution in [0.5, 0.6) is 0 Å². The zero-order valence-corrected chi connectivity index (χ0v) is 9.90. The molecule has 2 unspecified atom stereocenters. The molecule has 0 saturated carbocycles. The van der Waals surface area contributed by atoms with E-state index in [4.69, 9.17) is 4.74 Å². The lowest BCUT2D eigenvalue weighted by Gasteiger charge is -2.18. The molecule has 0 aliphatic heterocycles. The fraction of sp³-hybridized carbons (Fsp3) is 0.727. The maximum absolute atomic E-state index is 9.87. The van der Waals surface area contributed by atoms with E-state index in [1.54, 1.807) is 4.68 Å². The molecule has 1 heterocycles. The van der Waals surface area contributed by atoms with Crippen molar-refractivity contribution in [3.05, 3.63) is 17.5 Å². The predicted octanol–water partition coefficient (Wildman–Crippen LogP) is 1.06. The summed E-state index contributed by atoms with van der Waals surface area (Å²) in [5.41, 5.74) is 2.01. The Kier molecular flexibility index (Phi) is 4.29. The molecule has 4 nitrogen and oxygen atoms in total. The number of nitrogens with zero attached hydrogens (tertiary/aromatic N) is 2. The summed E-state index contributed by atoms with van der Waals surface area (Å²) < 4.78 is 7.15. The average molecular weight is 212 g/mol. The second kappa shape index (κ2) is 5.28. The van der Waals surface area contributed by atoms with Crippen LogP contribution in [-0.4, -0.2) is 33.7 Å². The summed E-state index contributed by atoms with van der Waals surface area (Å²) in [6.07, 6.45) is -0.0247. The van der Waals surface area contributed by atoms with Gasteiger partial charge in [0.15, 0.2) is 0 Å². The van der Waals surface area contributed by atoms with Gasteiger partial charge in [0.2, 0.25) is 0 Å². The highest BCUT2D eigenvalue weighted by atomic mass is 16.5. The summed E-state index contributed by atoms with van der Waals surface area (Å²) in [7, 11) is 1.89. The third kappa shape index (κ3) is 3.32. The van der Waals surface area contributed by atoms with Gasteiger partial charge in [-0.25, -0.2) is 0 Å². The van der Waals surface area contributed by atoms with E-state index in [1.165, 1.54) is 0 Å². The van der Waals surface area contributed by atoms with Crippen molar-refractivity contribution in [2.75, 3.05) is 6.61 Å². The molecule has 1 N–H and O–H groups in total. The SMILES string of the molecule is CCOC(C)C(O)Cc1cc(C)nn1C. The zero-order chi connectivity index (χ0) is 11.4. The molecule has 1 aromatic rings. The highest BCUT2D eigenvalue weighted by Crippen LogP contribution is 2.09. The van der Waals surface area contributed by atoms with Gasteiger partial charge in [-0.15, -0.1) is 0 Å². The van der Waals surface area contributed by atoms with Gasteiger partial charge >= 0.3 is 0 Å². The first-order valence-electron chi connectivity index (χ1n) is 5.33. The van der Waals surface area contributed by atoms with Crippen LogP contribution in [0.4, 0.5) is 0 Å². The van der Waals surface area contributed by atoms with Gasteiger partial charge in [0.05, 0.1) is 17.9 Å². The van der Waals surface area contributed by atoms with Crippen molar-refractivity contribution in [1.29, 1.82) is 0 Å². The Balaban J connectivity index is 2.57. The molecule has 1 aromatic heterocycles. The van der Waals surface area contributed by atoms with Crippen LogP contribution in [0.25, 0.3) is 0 Å². The fourth-order valence-corrected chi connectivity index (χ4v) is 1.61. The van der Waals surface area contributed by atoms with Crippen molar-refractivity contribution in [3.63, 3.8) is 0 Å². The Bertz CT molecular complexity index is 310. The molecule has 0 aliphatic carbocycles. The molecule has 15 heavy (non-hydrogen) atoms. The Morgan fingerprint density at radius 3 is 2.73 bits per heavy atom. The molecule has 2 atom stereocenters. The summed E-state index contributed by atoms with van der Waals surface area (Å²) >= 11 is 0. The normalized spacial score (nSPS) is 15.3. The Hall–Kier alpha value is -0.870. The van der Waals surface area contributed by atoms with Gasteiger partial charge in [0, 0.05) is 25.8 Å². The largest absolute Gasteiger partial charge is 0.390 e. The second-order valence-corrected chi connectivity index (χ2v) is 3.83. The number of aliphatic hydroxyl groups excluding tert-OH is 1. The third-order valence-corrected chi connectivity index (χ3v) is 2.49. The molecule has 0 amide bonds. The molecule has 0 radical (unpaired) electrons. The van der Waals surface area contributed by atoms with Crippen molar-refractivity contribution in [2.45, 2.75) is 39.4 Å². The van der Waals surface area contributed by atoms with Crippen LogP contribution in [0, 0.1) is 6.92 Å². The van der Waals surface area contributed by atoms with E-state index in [-0.39, 0.29) is 6.10 Å². The molecule has 0 spiro atoms. The van der Waals surface area contributed by atoms with Crippen molar-refractivity contribution in [2.24, 2.45) is 7.05 Å². The van der Waals surface area contributed by atoms with Gasteiger partial charge < -0.3 is 9.84 Å². The molecule has 1 rings (SSSR count). The maximum Gasteiger partial charge on any atom is 0.0854 e. The number of rotatable bonds is 5. The number of ether oxygens (including phenoxy) is 1. The first kappa shape index (κ1) is 12.2. The highest BCUT2D eigenvalue weighted by molar-refractivity contribution is 5.09. The van der Waals surface area contributed by atoms with Crippen molar-refractivity contribution >= 4 is 0 Å². The number of hydrogen-bond acceptors (Lipinski definition) is 3. The number of hydrogen-bond donors (Lipinski definition) is 1. The minimum atomic E-state index is -0.472. The van der Waals surface area contributed by atoms with Crippen LogP contribution < -0.4 is 0 Å². The fourth-order valence-electron chi connectivity index (χ4n) is 1.61. The van der Waals surface area contributed by atoms with E-state index >= 15 is 0 Å². The number of aromatic nitrogens is 2. The highest BCUT2D eigenvalue weighted by Gasteiger charge is 2.16. The predicted molar refractivity (Wildman–Crippen MR) is 58.7 cm³/mol. The van der Waals surface area contributed by atoms with Gasteiger partial charge in [-0.3, -0.25) is 4.68 Å². The Morgan fingerprint density at radius 2 is 2.27 bits per heavy atom. The van der Waals surface area contributed by atoms with E-state index < -0.39 is 6.10 Å². The van der Waals surface area contributed by atoms with Crippen molar-refractivity contribution in [3.8, 4) is 0 Å².